The number of rotatable bonds is 3. The van der Waals surface area contributed by atoms with Crippen molar-refractivity contribution < 1.29 is 18.7 Å². The SMILES string of the molecule is O=C(Nc1nc(N2CCOCC2)ncc1F)C1CCOCC1. The summed E-state index contributed by atoms with van der Waals surface area (Å²) >= 11 is 0. The van der Waals surface area contributed by atoms with Gasteiger partial charge in [-0.3, -0.25) is 4.79 Å². The Morgan fingerprint density at radius 1 is 1.23 bits per heavy atom. The van der Waals surface area contributed by atoms with E-state index in [1.165, 1.54) is 0 Å². The molecule has 0 aromatic carbocycles. The number of amides is 1. The van der Waals surface area contributed by atoms with Crippen LogP contribution in [0.5, 0.6) is 0 Å². The molecule has 1 aromatic rings. The summed E-state index contributed by atoms with van der Waals surface area (Å²) in [4.78, 5) is 22.2. The minimum Gasteiger partial charge on any atom is -0.381 e. The number of carbonyl (C=O) groups excluding carboxylic acids is 1. The molecular formula is C14H19FN4O3. The van der Waals surface area contributed by atoms with Crippen LogP contribution in [0.25, 0.3) is 0 Å². The van der Waals surface area contributed by atoms with E-state index < -0.39 is 5.82 Å². The van der Waals surface area contributed by atoms with Crippen LogP contribution in [0, 0.1) is 11.7 Å². The lowest BCUT2D eigenvalue weighted by molar-refractivity contribution is -0.122. The van der Waals surface area contributed by atoms with Gasteiger partial charge in [0.1, 0.15) is 0 Å². The van der Waals surface area contributed by atoms with Crippen LogP contribution in [-0.4, -0.2) is 55.4 Å². The van der Waals surface area contributed by atoms with Crippen LogP contribution >= 0.6 is 0 Å². The molecule has 0 bridgehead atoms. The van der Waals surface area contributed by atoms with Crippen LogP contribution in [0.1, 0.15) is 12.8 Å². The summed E-state index contributed by atoms with van der Waals surface area (Å²) in [5, 5.41) is 2.58. The number of ether oxygens (including phenoxy) is 2. The van der Waals surface area contributed by atoms with Gasteiger partial charge in [-0.1, -0.05) is 0 Å². The van der Waals surface area contributed by atoms with Crippen molar-refractivity contribution in [3.8, 4) is 0 Å². The molecule has 0 unspecified atom stereocenters. The maximum absolute atomic E-state index is 13.9. The van der Waals surface area contributed by atoms with Crippen LogP contribution in [0.2, 0.25) is 0 Å². The zero-order chi connectivity index (χ0) is 15.4. The molecule has 2 fully saturated rings. The van der Waals surface area contributed by atoms with E-state index in [4.69, 9.17) is 9.47 Å². The first-order valence-corrected chi connectivity index (χ1v) is 7.48. The molecule has 3 rings (SSSR count). The van der Waals surface area contributed by atoms with Crippen LogP contribution in [-0.2, 0) is 14.3 Å². The molecule has 0 saturated carbocycles. The van der Waals surface area contributed by atoms with Gasteiger partial charge in [0.15, 0.2) is 11.6 Å². The van der Waals surface area contributed by atoms with Gasteiger partial charge in [-0.05, 0) is 12.8 Å². The third-order valence-electron chi connectivity index (χ3n) is 3.86. The number of halogens is 1. The van der Waals surface area contributed by atoms with Crippen LogP contribution < -0.4 is 10.2 Å². The smallest absolute Gasteiger partial charge is 0.228 e. The molecule has 3 heterocycles. The maximum atomic E-state index is 13.9. The molecule has 7 nitrogen and oxygen atoms in total. The fourth-order valence-corrected chi connectivity index (χ4v) is 2.54. The molecule has 2 aliphatic rings. The first-order chi connectivity index (χ1) is 10.7. The Kier molecular flexibility index (Phi) is 4.79. The second-order valence-corrected chi connectivity index (χ2v) is 5.34. The predicted molar refractivity (Wildman–Crippen MR) is 77.2 cm³/mol. The lowest BCUT2D eigenvalue weighted by Gasteiger charge is -2.27. The van der Waals surface area contributed by atoms with Crippen molar-refractivity contribution in [1.82, 2.24) is 9.97 Å². The molecule has 0 spiro atoms. The lowest BCUT2D eigenvalue weighted by atomic mass is 9.99. The number of morpholine rings is 1. The van der Waals surface area contributed by atoms with Gasteiger partial charge in [-0.15, -0.1) is 0 Å². The predicted octanol–water partition coefficient (Wildman–Crippen LogP) is 0.817. The number of hydrogen-bond acceptors (Lipinski definition) is 6. The zero-order valence-electron chi connectivity index (χ0n) is 12.3. The van der Waals surface area contributed by atoms with Gasteiger partial charge in [0.05, 0.1) is 19.4 Å². The monoisotopic (exact) mass is 310 g/mol. The summed E-state index contributed by atoms with van der Waals surface area (Å²) in [6.07, 6.45) is 2.39. The van der Waals surface area contributed by atoms with Crippen molar-refractivity contribution in [3.63, 3.8) is 0 Å². The summed E-state index contributed by atoms with van der Waals surface area (Å²) in [5.74, 6) is -0.652. The summed E-state index contributed by atoms with van der Waals surface area (Å²) in [7, 11) is 0. The van der Waals surface area contributed by atoms with Crippen molar-refractivity contribution >= 4 is 17.7 Å². The molecule has 1 N–H and O–H groups in total. The van der Waals surface area contributed by atoms with Gasteiger partial charge in [0.25, 0.3) is 0 Å². The van der Waals surface area contributed by atoms with Crippen molar-refractivity contribution in [3.05, 3.63) is 12.0 Å². The average molecular weight is 310 g/mol. The minimum absolute atomic E-state index is 0.0621. The Morgan fingerprint density at radius 2 is 1.91 bits per heavy atom. The Morgan fingerprint density at radius 3 is 2.64 bits per heavy atom. The van der Waals surface area contributed by atoms with Crippen molar-refractivity contribution in [2.75, 3.05) is 49.7 Å². The molecule has 0 aliphatic carbocycles. The summed E-state index contributed by atoms with van der Waals surface area (Å²) < 4.78 is 24.3. The quantitative estimate of drug-likeness (QED) is 0.890. The van der Waals surface area contributed by atoms with Crippen molar-refractivity contribution in [2.45, 2.75) is 12.8 Å². The Labute approximate surface area is 127 Å². The van der Waals surface area contributed by atoms with Gasteiger partial charge in [0.2, 0.25) is 11.9 Å². The van der Waals surface area contributed by atoms with Crippen molar-refractivity contribution in [1.29, 1.82) is 0 Å². The van der Waals surface area contributed by atoms with Gasteiger partial charge in [-0.2, -0.15) is 4.98 Å². The normalized spacial score (nSPS) is 20.0. The highest BCUT2D eigenvalue weighted by molar-refractivity contribution is 5.91. The Hall–Kier alpha value is -1.80. The van der Waals surface area contributed by atoms with Crippen LogP contribution in [0.15, 0.2) is 6.20 Å². The van der Waals surface area contributed by atoms with Crippen LogP contribution in [0.3, 0.4) is 0 Å². The summed E-state index contributed by atoms with van der Waals surface area (Å²) in [6.45, 7) is 3.60. The van der Waals surface area contributed by atoms with E-state index in [1.807, 2.05) is 4.90 Å². The minimum atomic E-state index is -0.627. The average Bonchev–Trinajstić information content (AvgIpc) is 2.58. The largest absolute Gasteiger partial charge is 0.381 e. The summed E-state index contributed by atoms with van der Waals surface area (Å²) in [6, 6.07) is 0. The van der Waals surface area contributed by atoms with E-state index >= 15 is 0 Å². The number of anilines is 2. The zero-order valence-corrected chi connectivity index (χ0v) is 12.3. The Balaban J connectivity index is 1.70. The molecule has 1 amide bonds. The van der Waals surface area contributed by atoms with Crippen LogP contribution in [0.4, 0.5) is 16.2 Å². The molecular weight excluding hydrogens is 291 g/mol. The first kappa shape index (κ1) is 15.1. The van der Waals surface area contributed by atoms with E-state index in [0.717, 1.165) is 6.20 Å². The van der Waals surface area contributed by atoms with E-state index in [1.54, 1.807) is 0 Å². The fraction of sp³-hybridized carbons (Fsp3) is 0.643. The third kappa shape index (κ3) is 3.50. The highest BCUT2D eigenvalue weighted by Gasteiger charge is 2.24. The first-order valence-electron chi connectivity index (χ1n) is 7.48. The maximum Gasteiger partial charge on any atom is 0.228 e. The van der Waals surface area contributed by atoms with Crippen molar-refractivity contribution in [2.24, 2.45) is 5.92 Å². The molecule has 2 saturated heterocycles. The number of nitrogens with one attached hydrogen (secondary N) is 1. The number of carbonyl (C=O) groups is 1. The van der Waals surface area contributed by atoms with Gasteiger partial charge >= 0.3 is 0 Å². The molecule has 8 heteroatoms. The fourth-order valence-electron chi connectivity index (χ4n) is 2.54. The van der Waals surface area contributed by atoms with E-state index in [2.05, 4.69) is 15.3 Å². The molecule has 22 heavy (non-hydrogen) atoms. The third-order valence-corrected chi connectivity index (χ3v) is 3.86. The number of aromatic nitrogens is 2. The lowest BCUT2D eigenvalue weighted by Crippen LogP contribution is -2.37. The molecule has 0 atom stereocenters. The highest BCUT2D eigenvalue weighted by atomic mass is 19.1. The Bertz CT molecular complexity index is 531. The molecule has 120 valence electrons. The van der Waals surface area contributed by atoms with Gasteiger partial charge in [0, 0.05) is 32.2 Å². The van der Waals surface area contributed by atoms with E-state index in [-0.39, 0.29) is 17.6 Å². The molecule has 2 aliphatic heterocycles. The topological polar surface area (TPSA) is 76.6 Å². The summed E-state index contributed by atoms with van der Waals surface area (Å²) in [5.41, 5.74) is 0. The number of nitrogens with zero attached hydrogens (tertiary/aromatic N) is 3. The van der Waals surface area contributed by atoms with E-state index in [0.29, 0.717) is 58.3 Å². The number of hydrogen-bond donors (Lipinski definition) is 1. The van der Waals surface area contributed by atoms with E-state index in [9.17, 15) is 9.18 Å². The molecule has 1 aromatic heterocycles. The molecule has 0 radical (unpaired) electrons. The van der Waals surface area contributed by atoms with Gasteiger partial charge in [-0.25, -0.2) is 9.37 Å². The second kappa shape index (κ2) is 6.97. The highest BCUT2D eigenvalue weighted by Crippen LogP contribution is 2.20. The second-order valence-electron chi connectivity index (χ2n) is 5.34. The standard InChI is InChI=1S/C14H19FN4O3/c15-11-9-16-14(19-3-7-22-8-4-19)18-12(11)17-13(20)10-1-5-21-6-2-10/h9-10H,1-8H2,(H,16,17,18,20). The van der Waals surface area contributed by atoms with Gasteiger partial charge < -0.3 is 19.7 Å².